The highest BCUT2D eigenvalue weighted by Crippen LogP contribution is 2.49. The Morgan fingerprint density at radius 2 is 1.22 bits per heavy atom. The van der Waals surface area contributed by atoms with E-state index >= 15 is 0 Å². The summed E-state index contributed by atoms with van der Waals surface area (Å²) >= 11 is 0. The molecule has 184 valence electrons. The van der Waals surface area contributed by atoms with Crippen LogP contribution in [-0.4, -0.2) is 0 Å². The van der Waals surface area contributed by atoms with Crippen LogP contribution in [0.15, 0.2) is 109 Å². The standard InChI is InChI=1S/C36H35N/c1-35(2)21-22-36(3,4)34-32(13-8-14-33(34)35)29-11-7-12-31(24-29)37-30-19-17-26(18-20-30)28-16-15-25-9-5-6-10-27(25)23-28/h5-20,23-24,37H,21-22H2,1-4H3. The molecule has 0 heterocycles. The minimum absolute atomic E-state index is 0.170. The van der Waals surface area contributed by atoms with Crippen LogP contribution in [0.1, 0.15) is 51.7 Å². The molecule has 0 radical (unpaired) electrons. The van der Waals surface area contributed by atoms with Gasteiger partial charge in [0.1, 0.15) is 0 Å². The van der Waals surface area contributed by atoms with E-state index in [4.69, 9.17) is 0 Å². The van der Waals surface area contributed by atoms with Gasteiger partial charge in [-0.1, -0.05) is 107 Å². The second kappa shape index (κ2) is 8.92. The molecule has 0 unspecified atom stereocenters. The van der Waals surface area contributed by atoms with E-state index in [9.17, 15) is 0 Å². The number of rotatable bonds is 4. The molecule has 1 heteroatoms. The SMILES string of the molecule is CC1(C)CCC(C)(C)c2c(-c3cccc(Nc4ccc(-c5ccc6ccccc6c5)cc4)c3)cccc21. The third-order valence-corrected chi connectivity index (χ3v) is 8.28. The first-order chi connectivity index (χ1) is 17.8. The highest BCUT2D eigenvalue weighted by atomic mass is 14.9. The van der Waals surface area contributed by atoms with E-state index < -0.39 is 0 Å². The summed E-state index contributed by atoms with van der Waals surface area (Å²) < 4.78 is 0. The molecule has 0 saturated carbocycles. The molecule has 5 aromatic rings. The molecule has 1 aliphatic rings. The monoisotopic (exact) mass is 481 g/mol. The Balaban J connectivity index is 1.29. The zero-order valence-corrected chi connectivity index (χ0v) is 22.3. The van der Waals surface area contributed by atoms with E-state index in [1.807, 2.05) is 0 Å². The summed E-state index contributed by atoms with van der Waals surface area (Å²) in [6, 6.07) is 39.7. The van der Waals surface area contributed by atoms with Crippen LogP contribution in [0.2, 0.25) is 0 Å². The van der Waals surface area contributed by atoms with E-state index in [0.717, 1.165) is 11.4 Å². The van der Waals surface area contributed by atoms with Crippen molar-refractivity contribution in [3.05, 3.63) is 120 Å². The van der Waals surface area contributed by atoms with Crippen molar-refractivity contribution < 1.29 is 0 Å². The van der Waals surface area contributed by atoms with Crippen LogP contribution in [0.5, 0.6) is 0 Å². The van der Waals surface area contributed by atoms with Gasteiger partial charge in [0, 0.05) is 11.4 Å². The number of nitrogens with one attached hydrogen (secondary N) is 1. The lowest BCUT2D eigenvalue weighted by Crippen LogP contribution is -2.34. The average Bonchev–Trinajstić information content (AvgIpc) is 2.91. The second-order valence-corrected chi connectivity index (χ2v) is 11.8. The van der Waals surface area contributed by atoms with Crippen LogP contribution in [0.25, 0.3) is 33.0 Å². The molecule has 5 aromatic carbocycles. The average molecular weight is 482 g/mol. The van der Waals surface area contributed by atoms with Crippen molar-refractivity contribution in [1.82, 2.24) is 0 Å². The lowest BCUT2D eigenvalue weighted by Gasteiger charge is -2.43. The van der Waals surface area contributed by atoms with Crippen molar-refractivity contribution in [2.75, 3.05) is 5.32 Å². The Kier molecular flexibility index (Phi) is 5.68. The highest BCUT2D eigenvalue weighted by molar-refractivity contribution is 5.87. The maximum Gasteiger partial charge on any atom is 0.0390 e. The maximum atomic E-state index is 3.64. The van der Waals surface area contributed by atoms with Crippen LogP contribution in [0, 0.1) is 0 Å². The first-order valence-corrected chi connectivity index (χ1v) is 13.4. The van der Waals surface area contributed by atoms with E-state index in [1.165, 1.54) is 57.0 Å². The Morgan fingerprint density at radius 1 is 0.514 bits per heavy atom. The number of hydrogen-bond donors (Lipinski definition) is 1. The molecule has 1 nitrogen and oxygen atoms in total. The van der Waals surface area contributed by atoms with E-state index in [2.05, 4.69) is 142 Å². The predicted octanol–water partition coefficient (Wildman–Crippen LogP) is 10.3. The summed E-state index contributed by atoms with van der Waals surface area (Å²) in [4.78, 5) is 0. The Labute approximate surface area is 221 Å². The molecule has 0 atom stereocenters. The van der Waals surface area contributed by atoms with Gasteiger partial charge in [-0.2, -0.15) is 0 Å². The molecule has 0 amide bonds. The van der Waals surface area contributed by atoms with Crippen LogP contribution in [0.3, 0.4) is 0 Å². The highest BCUT2D eigenvalue weighted by Gasteiger charge is 2.38. The van der Waals surface area contributed by atoms with Crippen molar-refractivity contribution in [1.29, 1.82) is 0 Å². The normalized spacial score (nSPS) is 15.8. The zero-order chi connectivity index (χ0) is 25.6. The van der Waals surface area contributed by atoms with E-state index in [0.29, 0.717) is 0 Å². The van der Waals surface area contributed by atoms with Gasteiger partial charge in [0.15, 0.2) is 0 Å². The number of hydrogen-bond acceptors (Lipinski definition) is 1. The van der Waals surface area contributed by atoms with E-state index in [1.54, 1.807) is 0 Å². The Morgan fingerprint density at radius 3 is 2.03 bits per heavy atom. The van der Waals surface area contributed by atoms with Gasteiger partial charge in [0.25, 0.3) is 0 Å². The summed E-state index contributed by atoms with van der Waals surface area (Å²) in [5.74, 6) is 0. The smallest absolute Gasteiger partial charge is 0.0390 e. The zero-order valence-electron chi connectivity index (χ0n) is 22.3. The van der Waals surface area contributed by atoms with E-state index in [-0.39, 0.29) is 10.8 Å². The first kappa shape index (κ1) is 23.6. The van der Waals surface area contributed by atoms with Gasteiger partial charge in [0.2, 0.25) is 0 Å². The minimum Gasteiger partial charge on any atom is -0.356 e. The predicted molar refractivity (Wildman–Crippen MR) is 160 cm³/mol. The van der Waals surface area contributed by atoms with Crippen LogP contribution >= 0.6 is 0 Å². The summed E-state index contributed by atoms with van der Waals surface area (Å²) in [5.41, 5.74) is 10.7. The van der Waals surface area contributed by atoms with Crippen LogP contribution in [-0.2, 0) is 10.8 Å². The lowest BCUT2D eigenvalue weighted by molar-refractivity contribution is 0.333. The van der Waals surface area contributed by atoms with Gasteiger partial charge in [-0.3, -0.25) is 0 Å². The molecule has 1 N–H and O–H groups in total. The van der Waals surface area contributed by atoms with Gasteiger partial charge in [-0.15, -0.1) is 0 Å². The fourth-order valence-electron chi connectivity index (χ4n) is 6.02. The first-order valence-electron chi connectivity index (χ1n) is 13.4. The molecular formula is C36H35N. The van der Waals surface area contributed by atoms with Gasteiger partial charge in [-0.25, -0.2) is 0 Å². The molecule has 0 fully saturated rings. The molecule has 0 aliphatic heterocycles. The number of fused-ring (bicyclic) bond motifs is 2. The second-order valence-electron chi connectivity index (χ2n) is 11.8. The molecule has 6 rings (SSSR count). The van der Waals surface area contributed by atoms with Crippen molar-refractivity contribution in [3.8, 4) is 22.3 Å². The summed E-state index contributed by atoms with van der Waals surface area (Å²) in [6.45, 7) is 9.60. The summed E-state index contributed by atoms with van der Waals surface area (Å²) in [5, 5.41) is 6.19. The third-order valence-electron chi connectivity index (χ3n) is 8.28. The fraction of sp³-hybridized carbons (Fsp3) is 0.222. The molecule has 0 aromatic heterocycles. The molecule has 37 heavy (non-hydrogen) atoms. The van der Waals surface area contributed by atoms with Gasteiger partial charge >= 0.3 is 0 Å². The fourth-order valence-corrected chi connectivity index (χ4v) is 6.02. The van der Waals surface area contributed by atoms with Gasteiger partial charge in [0.05, 0.1) is 0 Å². The van der Waals surface area contributed by atoms with Crippen molar-refractivity contribution >= 4 is 22.1 Å². The Hall–Kier alpha value is -3.84. The molecule has 1 aliphatic carbocycles. The number of benzene rings is 5. The molecule has 0 saturated heterocycles. The quantitative estimate of drug-likeness (QED) is 0.269. The van der Waals surface area contributed by atoms with Crippen LogP contribution in [0.4, 0.5) is 11.4 Å². The minimum atomic E-state index is 0.170. The number of anilines is 2. The molecular weight excluding hydrogens is 446 g/mol. The summed E-state index contributed by atoms with van der Waals surface area (Å²) in [6.07, 6.45) is 2.44. The van der Waals surface area contributed by atoms with Gasteiger partial charge < -0.3 is 5.32 Å². The molecule has 0 bridgehead atoms. The van der Waals surface area contributed by atoms with Crippen molar-refractivity contribution in [2.45, 2.75) is 51.4 Å². The topological polar surface area (TPSA) is 12.0 Å². The van der Waals surface area contributed by atoms with Crippen molar-refractivity contribution in [2.24, 2.45) is 0 Å². The van der Waals surface area contributed by atoms with Crippen molar-refractivity contribution in [3.63, 3.8) is 0 Å². The van der Waals surface area contributed by atoms with Crippen LogP contribution < -0.4 is 5.32 Å². The maximum absolute atomic E-state index is 3.64. The largest absolute Gasteiger partial charge is 0.356 e. The lowest BCUT2D eigenvalue weighted by atomic mass is 9.61. The Bertz CT molecular complexity index is 1590. The third kappa shape index (κ3) is 4.44. The molecule has 0 spiro atoms. The summed E-state index contributed by atoms with van der Waals surface area (Å²) in [7, 11) is 0. The van der Waals surface area contributed by atoms with Gasteiger partial charge in [-0.05, 0) is 98.2 Å².